The molecule has 2 bridgehead atoms. The number of para-hydroxylation sites is 1. The van der Waals surface area contributed by atoms with Gasteiger partial charge < -0.3 is 14.6 Å². The largest absolute Gasteiger partial charge is 0.495 e. The van der Waals surface area contributed by atoms with Gasteiger partial charge in [-0.1, -0.05) is 65.2 Å². The molecule has 2 fully saturated rings. The van der Waals surface area contributed by atoms with E-state index in [9.17, 15) is 9.59 Å². The summed E-state index contributed by atoms with van der Waals surface area (Å²) in [4.78, 5) is 29.0. The van der Waals surface area contributed by atoms with Crippen LogP contribution in [0.2, 0.25) is 10.0 Å². The number of hydrogen-bond donors (Lipinski definition) is 1. The number of Topliss-reactive ketones (excluding diaryl/α,β-unsaturated/α-hetero) is 1. The van der Waals surface area contributed by atoms with Gasteiger partial charge in [0, 0.05) is 55.3 Å². The number of nitrogens with zero attached hydrogens (tertiary/aromatic N) is 2. The highest BCUT2D eigenvalue weighted by Crippen LogP contribution is 2.40. The molecule has 3 heterocycles. The van der Waals surface area contributed by atoms with Crippen LogP contribution in [0.15, 0.2) is 66.9 Å². The molecule has 1 aromatic heterocycles. The number of halogens is 2. The molecule has 2 aliphatic heterocycles. The number of nitrogens with one attached hydrogen (secondary N) is 1. The van der Waals surface area contributed by atoms with E-state index < -0.39 is 0 Å². The highest BCUT2D eigenvalue weighted by Gasteiger charge is 2.40. The van der Waals surface area contributed by atoms with Gasteiger partial charge in [-0.25, -0.2) is 0 Å². The average molecular weight is 633 g/mol. The Morgan fingerprint density at radius 1 is 0.955 bits per heavy atom. The molecule has 3 atom stereocenters. The van der Waals surface area contributed by atoms with Gasteiger partial charge >= 0.3 is 0 Å². The molecule has 0 spiro atoms. The predicted molar refractivity (Wildman–Crippen MR) is 177 cm³/mol. The van der Waals surface area contributed by atoms with E-state index in [1.54, 1.807) is 25.3 Å². The second kappa shape index (κ2) is 13.4. The van der Waals surface area contributed by atoms with E-state index in [0.29, 0.717) is 52.1 Å². The van der Waals surface area contributed by atoms with E-state index in [1.165, 1.54) is 18.4 Å². The number of amides is 1. The Hall–Kier alpha value is -3.32. The van der Waals surface area contributed by atoms with Crippen LogP contribution in [0.5, 0.6) is 5.75 Å². The number of aromatic nitrogens is 1. The van der Waals surface area contributed by atoms with Gasteiger partial charge in [-0.3, -0.25) is 14.5 Å². The first-order valence-electron chi connectivity index (χ1n) is 15.5. The Kier molecular flexibility index (Phi) is 9.31. The van der Waals surface area contributed by atoms with Gasteiger partial charge in [0.25, 0.3) is 5.91 Å². The quantitative estimate of drug-likeness (QED) is 0.170. The maximum Gasteiger partial charge on any atom is 0.253 e. The molecule has 8 heteroatoms. The van der Waals surface area contributed by atoms with Crippen LogP contribution in [0.1, 0.15) is 70.4 Å². The molecule has 4 aromatic rings. The lowest BCUT2D eigenvalue weighted by Gasteiger charge is -2.39. The summed E-state index contributed by atoms with van der Waals surface area (Å²) in [5.41, 5.74) is 4.52. The number of aryl methyl sites for hydroxylation is 2. The summed E-state index contributed by atoms with van der Waals surface area (Å²) in [6.07, 6.45) is 7.98. The maximum atomic E-state index is 13.4. The van der Waals surface area contributed by atoms with Crippen LogP contribution >= 0.6 is 23.2 Å². The molecular weight excluding hydrogens is 593 g/mol. The summed E-state index contributed by atoms with van der Waals surface area (Å²) < 4.78 is 7.91. The smallest absolute Gasteiger partial charge is 0.253 e. The van der Waals surface area contributed by atoms with E-state index in [2.05, 4.69) is 33.8 Å². The lowest BCUT2D eigenvalue weighted by molar-refractivity contribution is 0.0807. The van der Waals surface area contributed by atoms with Crippen molar-refractivity contribution in [2.24, 2.45) is 5.92 Å². The second-order valence-electron chi connectivity index (χ2n) is 12.3. The van der Waals surface area contributed by atoms with Gasteiger partial charge in [-0.2, -0.15) is 0 Å². The van der Waals surface area contributed by atoms with Crippen LogP contribution in [0.4, 0.5) is 0 Å². The Morgan fingerprint density at radius 3 is 2.45 bits per heavy atom. The number of carbonyl (C=O) groups excluding carboxylic acids is 2. The number of piperidine rings is 1. The van der Waals surface area contributed by atoms with Crippen molar-refractivity contribution in [3.8, 4) is 5.75 Å². The number of fused-ring (bicyclic) bond motifs is 3. The molecule has 230 valence electrons. The minimum atomic E-state index is -0.0842. The highest BCUT2D eigenvalue weighted by atomic mass is 35.5. The van der Waals surface area contributed by atoms with Gasteiger partial charge in [-0.05, 0) is 74.8 Å². The summed E-state index contributed by atoms with van der Waals surface area (Å²) in [7, 11) is 1.68. The van der Waals surface area contributed by atoms with E-state index in [0.717, 1.165) is 54.6 Å². The number of ketones is 1. The minimum absolute atomic E-state index is 0.0842. The average Bonchev–Trinajstić information content (AvgIpc) is 3.50. The standard InChI is InChI=1S/C36H39Cl2N3O3/c1-23-6-3-7-24(16-23)21-39-36(43)30-22-40(35-29(30)8-4-9-34(35)44-2)14-5-15-41-27-11-12-28(41)18-25(17-27)19-33(42)26-10-13-31(37)32(38)20-26/h3-4,6-10,13,16,20,22,25,27-28H,5,11-12,14-15,17-19,21H2,1-2H3,(H,39,43)/t25?,27-,28+. The van der Waals surface area contributed by atoms with Crippen LogP contribution in [0.3, 0.4) is 0 Å². The summed E-state index contributed by atoms with van der Waals surface area (Å²) in [6.45, 7) is 4.32. The van der Waals surface area contributed by atoms with Crippen molar-refractivity contribution < 1.29 is 14.3 Å². The number of methoxy groups -OCH3 is 1. The number of rotatable bonds is 11. The Balaban J connectivity index is 1.09. The molecule has 1 unspecified atom stereocenters. The van der Waals surface area contributed by atoms with Gasteiger partial charge in [-0.15, -0.1) is 0 Å². The number of ether oxygens (including phenoxy) is 1. The molecule has 3 aromatic carbocycles. The first kappa shape index (κ1) is 30.7. The number of benzene rings is 3. The molecule has 44 heavy (non-hydrogen) atoms. The molecule has 2 aliphatic rings. The van der Waals surface area contributed by atoms with Crippen molar-refractivity contribution in [3.63, 3.8) is 0 Å². The lowest BCUT2D eigenvalue weighted by atomic mass is 9.85. The van der Waals surface area contributed by atoms with Gasteiger partial charge in [0.2, 0.25) is 0 Å². The Bertz CT molecular complexity index is 1670. The zero-order chi connectivity index (χ0) is 30.8. The fraction of sp³-hybridized carbons (Fsp3) is 0.389. The molecule has 1 amide bonds. The van der Waals surface area contributed by atoms with Crippen molar-refractivity contribution in [1.29, 1.82) is 0 Å². The summed E-state index contributed by atoms with van der Waals surface area (Å²) in [5, 5.41) is 4.91. The zero-order valence-electron chi connectivity index (χ0n) is 25.3. The van der Waals surface area contributed by atoms with Crippen LogP contribution < -0.4 is 10.1 Å². The molecule has 0 saturated carbocycles. The predicted octanol–water partition coefficient (Wildman–Crippen LogP) is 8.10. The monoisotopic (exact) mass is 631 g/mol. The Labute approximate surface area is 269 Å². The minimum Gasteiger partial charge on any atom is -0.495 e. The molecular formula is C36H39Cl2N3O3. The fourth-order valence-corrected chi connectivity index (χ4v) is 7.64. The maximum absolute atomic E-state index is 13.4. The topological polar surface area (TPSA) is 63.6 Å². The van der Waals surface area contributed by atoms with E-state index in [-0.39, 0.29) is 11.7 Å². The van der Waals surface area contributed by atoms with Crippen LogP contribution in [-0.2, 0) is 13.1 Å². The molecule has 2 saturated heterocycles. The molecule has 6 rings (SSSR count). The van der Waals surface area contributed by atoms with Crippen LogP contribution in [0.25, 0.3) is 10.9 Å². The van der Waals surface area contributed by atoms with Crippen molar-refractivity contribution in [2.75, 3.05) is 13.7 Å². The van der Waals surface area contributed by atoms with Gasteiger partial charge in [0.15, 0.2) is 5.78 Å². The molecule has 0 aliphatic carbocycles. The summed E-state index contributed by atoms with van der Waals surface area (Å²) in [5.74, 6) is 1.23. The normalized spacial score (nSPS) is 19.8. The summed E-state index contributed by atoms with van der Waals surface area (Å²) >= 11 is 12.2. The Morgan fingerprint density at radius 2 is 1.73 bits per heavy atom. The van der Waals surface area contributed by atoms with Crippen LogP contribution in [0, 0.1) is 12.8 Å². The van der Waals surface area contributed by atoms with Gasteiger partial charge in [0.1, 0.15) is 5.75 Å². The van der Waals surface area contributed by atoms with Crippen LogP contribution in [-0.4, -0.2) is 46.9 Å². The third-order valence-corrected chi connectivity index (χ3v) is 10.1. The van der Waals surface area contributed by atoms with Gasteiger partial charge in [0.05, 0.1) is 28.2 Å². The number of hydrogen-bond acceptors (Lipinski definition) is 4. The first-order chi connectivity index (χ1) is 21.3. The summed E-state index contributed by atoms with van der Waals surface area (Å²) in [6, 6.07) is 20.3. The van der Waals surface area contributed by atoms with E-state index in [1.807, 2.05) is 36.5 Å². The lowest BCUT2D eigenvalue weighted by Crippen LogP contribution is -2.43. The second-order valence-corrected chi connectivity index (χ2v) is 13.1. The first-order valence-corrected chi connectivity index (χ1v) is 16.3. The molecule has 1 N–H and O–H groups in total. The number of carbonyl (C=O) groups is 2. The fourth-order valence-electron chi connectivity index (χ4n) is 7.34. The van der Waals surface area contributed by atoms with Crippen molar-refractivity contribution in [3.05, 3.63) is 99.2 Å². The third kappa shape index (κ3) is 6.53. The zero-order valence-corrected chi connectivity index (χ0v) is 26.8. The van der Waals surface area contributed by atoms with Crippen molar-refractivity contribution >= 4 is 45.8 Å². The third-order valence-electron chi connectivity index (χ3n) is 9.37. The van der Waals surface area contributed by atoms with E-state index >= 15 is 0 Å². The molecule has 6 nitrogen and oxygen atoms in total. The van der Waals surface area contributed by atoms with E-state index in [4.69, 9.17) is 27.9 Å². The van der Waals surface area contributed by atoms with Crippen molar-refractivity contribution in [2.45, 2.75) is 70.6 Å². The van der Waals surface area contributed by atoms with Crippen molar-refractivity contribution in [1.82, 2.24) is 14.8 Å². The molecule has 0 radical (unpaired) electrons. The SMILES string of the molecule is COc1cccc2c(C(=O)NCc3cccc(C)c3)cn(CCCN3[C@@H]4CC[C@H]3CC(CC(=O)c3ccc(Cl)c(Cl)c3)C4)c12. The highest BCUT2D eigenvalue weighted by molar-refractivity contribution is 6.42.